The minimum atomic E-state index is -4.05. The van der Waals surface area contributed by atoms with Gasteiger partial charge < -0.3 is 10.1 Å². The van der Waals surface area contributed by atoms with E-state index in [4.69, 9.17) is 4.74 Å². The van der Waals surface area contributed by atoms with E-state index in [1.807, 2.05) is 27.7 Å². The van der Waals surface area contributed by atoms with Gasteiger partial charge in [0.25, 0.3) is 0 Å². The molecular formula is C15H26F3NO. The number of halogens is 3. The summed E-state index contributed by atoms with van der Waals surface area (Å²) in [5.74, 6) is -1.15. The van der Waals surface area contributed by atoms with Crippen molar-refractivity contribution in [3.8, 4) is 0 Å². The van der Waals surface area contributed by atoms with Crippen LogP contribution in [0.1, 0.15) is 59.8 Å². The lowest BCUT2D eigenvalue weighted by atomic mass is 9.83. The summed E-state index contributed by atoms with van der Waals surface area (Å²) < 4.78 is 44.6. The highest BCUT2D eigenvalue weighted by Gasteiger charge is 2.48. The van der Waals surface area contributed by atoms with E-state index in [0.29, 0.717) is 6.42 Å². The third-order valence-electron chi connectivity index (χ3n) is 4.65. The average molecular weight is 293 g/mol. The van der Waals surface area contributed by atoms with Crippen molar-refractivity contribution in [2.75, 3.05) is 0 Å². The summed E-state index contributed by atoms with van der Waals surface area (Å²) in [6.07, 6.45) is -1.25. The third-order valence-corrected chi connectivity index (χ3v) is 4.65. The van der Waals surface area contributed by atoms with Gasteiger partial charge in [0.2, 0.25) is 0 Å². The minimum Gasteiger partial charge on any atom is -0.368 e. The molecule has 1 saturated heterocycles. The predicted octanol–water partition coefficient (Wildman–Crippen LogP) is 4.04. The SMILES string of the molecule is CC1(C)CC(NC2CCCC(C(F)(F)F)C2)C(C)(C)O1. The normalized spacial score (nSPS) is 37.0. The van der Waals surface area contributed by atoms with Gasteiger partial charge in [0.15, 0.2) is 0 Å². The second kappa shape index (κ2) is 5.16. The largest absolute Gasteiger partial charge is 0.391 e. The molecule has 20 heavy (non-hydrogen) atoms. The van der Waals surface area contributed by atoms with E-state index < -0.39 is 12.1 Å². The van der Waals surface area contributed by atoms with Crippen LogP contribution in [0.15, 0.2) is 0 Å². The van der Waals surface area contributed by atoms with Crippen molar-refractivity contribution >= 4 is 0 Å². The lowest BCUT2D eigenvalue weighted by Crippen LogP contribution is -2.50. The molecule has 5 heteroatoms. The Kier molecular flexibility index (Phi) is 4.15. The van der Waals surface area contributed by atoms with Gasteiger partial charge in [0.05, 0.1) is 17.1 Å². The van der Waals surface area contributed by atoms with Crippen LogP contribution in [0.5, 0.6) is 0 Å². The fourth-order valence-electron chi connectivity index (χ4n) is 3.74. The molecule has 2 aliphatic rings. The first-order valence-electron chi connectivity index (χ1n) is 7.52. The van der Waals surface area contributed by atoms with Crippen LogP contribution >= 0.6 is 0 Å². The average Bonchev–Trinajstić information content (AvgIpc) is 2.45. The molecule has 0 amide bonds. The Morgan fingerprint density at radius 3 is 2.25 bits per heavy atom. The molecule has 1 saturated carbocycles. The molecule has 1 N–H and O–H groups in total. The van der Waals surface area contributed by atoms with Crippen LogP contribution in [0.3, 0.4) is 0 Å². The molecule has 3 unspecified atom stereocenters. The van der Waals surface area contributed by atoms with Crippen molar-refractivity contribution in [2.45, 2.75) is 89.3 Å². The van der Waals surface area contributed by atoms with Gasteiger partial charge in [-0.1, -0.05) is 6.42 Å². The van der Waals surface area contributed by atoms with Crippen LogP contribution in [-0.2, 0) is 4.74 Å². The van der Waals surface area contributed by atoms with Gasteiger partial charge in [-0.2, -0.15) is 13.2 Å². The van der Waals surface area contributed by atoms with Crippen molar-refractivity contribution in [1.82, 2.24) is 5.32 Å². The van der Waals surface area contributed by atoms with E-state index in [0.717, 1.165) is 12.8 Å². The molecule has 2 fully saturated rings. The van der Waals surface area contributed by atoms with Crippen LogP contribution < -0.4 is 5.32 Å². The van der Waals surface area contributed by atoms with E-state index >= 15 is 0 Å². The van der Waals surface area contributed by atoms with Gasteiger partial charge in [-0.3, -0.25) is 0 Å². The monoisotopic (exact) mass is 293 g/mol. The highest BCUT2D eigenvalue weighted by atomic mass is 19.4. The lowest BCUT2D eigenvalue weighted by Gasteiger charge is -2.36. The summed E-state index contributed by atoms with van der Waals surface area (Å²) in [6, 6.07) is 0.0756. The Labute approximate surface area is 119 Å². The van der Waals surface area contributed by atoms with Gasteiger partial charge in [-0.25, -0.2) is 0 Å². The van der Waals surface area contributed by atoms with E-state index in [1.165, 1.54) is 0 Å². The maximum atomic E-state index is 12.9. The second-order valence-electron chi connectivity index (χ2n) is 7.49. The van der Waals surface area contributed by atoms with Crippen molar-refractivity contribution in [2.24, 2.45) is 5.92 Å². The van der Waals surface area contributed by atoms with Crippen molar-refractivity contribution in [3.05, 3.63) is 0 Å². The fourth-order valence-corrected chi connectivity index (χ4v) is 3.74. The number of nitrogens with one attached hydrogen (secondary N) is 1. The molecule has 1 heterocycles. The molecule has 2 nitrogen and oxygen atoms in total. The summed E-state index contributed by atoms with van der Waals surface area (Å²) in [7, 11) is 0. The van der Waals surface area contributed by atoms with Gasteiger partial charge in [0.1, 0.15) is 0 Å². The van der Waals surface area contributed by atoms with Crippen molar-refractivity contribution in [1.29, 1.82) is 0 Å². The van der Waals surface area contributed by atoms with E-state index in [-0.39, 0.29) is 36.1 Å². The number of rotatable bonds is 2. The standard InChI is InChI=1S/C15H26F3NO/c1-13(2)9-12(14(3,4)20-13)19-11-7-5-6-10(8-11)15(16,17)18/h10-12,19H,5-9H2,1-4H3. The lowest BCUT2D eigenvalue weighted by molar-refractivity contribution is -0.184. The number of alkyl halides is 3. The fraction of sp³-hybridized carbons (Fsp3) is 1.00. The van der Waals surface area contributed by atoms with Crippen molar-refractivity contribution in [3.63, 3.8) is 0 Å². The van der Waals surface area contributed by atoms with Gasteiger partial charge in [0, 0.05) is 12.1 Å². The Morgan fingerprint density at radius 2 is 1.75 bits per heavy atom. The Balaban J connectivity index is 1.96. The molecule has 0 aromatic heterocycles. The quantitative estimate of drug-likeness (QED) is 0.829. The summed E-state index contributed by atoms with van der Waals surface area (Å²) in [6.45, 7) is 8.11. The number of hydrogen-bond acceptors (Lipinski definition) is 2. The minimum absolute atomic E-state index is 0.0443. The molecule has 118 valence electrons. The number of ether oxygens (including phenoxy) is 1. The zero-order chi connectivity index (χ0) is 15.2. The molecule has 0 bridgehead atoms. The molecule has 0 aromatic rings. The van der Waals surface area contributed by atoms with Crippen LogP contribution in [0.2, 0.25) is 0 Å². The van der Waals surface area contributed by atoms with Crippen LogP contribution in [-0.4, -0.2) is 29.5 Å². The van der Waals surface area contributed by atoms with Crippen molar-refractivity contribution < 1.29 is 17.9 Å². The Bertz CT molecular complexity index is 352. The highest BCUT2D eigenvalue weighted by molar-refractivity contribution is 5.00. The zero-order valence-electron chi connectivity index (χ0n) is 12.8. The number of hydrogen-bond donors (Lipinski definition) is 1. The highest BCUT2D eigenvalue weighted by Crippen LogP contribution is 2.40. The summed E-state index contributed by atoms with van der Waals surface area (Å²) in [4.78, 5) is 0. The first-order chi connectivity index (χ1) is 9.00. The maximum absolute atomic E-state index is 12.9. The Morgan fingerprint density at radius 1 is 1.10 bits per heavy atom. The summed E-state index contributed by atoms with van der Waals surface area (Å²) in [5, 5.41) is 3.44. The Hall–Kier alpha value is -0.290. The third kappa shape index (κ3) is 3.67. The van der Waals surface area contributed by atoms with E-state index in [9.17, 15) is 13.2 Å². The second-order valence-corrected chi connectivity index (χ2v) is 7.49. The van der Waals surface area contributed by atoms with Gasteiger partial charge in [-0.15, -0.1) is 0 Å². The first kappa shape index (κ1) is 16.1. The maximum Gasteiger partial charge on any atom is 0.391 e. The molecule has 0 spiro atoms. The van der Waals surface area contributed by atoms with E-state index in [2.05, 4.69) is 5.32 Å². The summed E-state index contributed by atoms with van der Waals surface area (Å²) in [5.41, 5.74) is -0.534. The van der Waals surface area contributed by atoms with Gasteiger partial charge in [-0.05, 0) is 53.4 Å². The van der Waals surface area contributed by atoms with Crippen LogP contribution in [0, 0.1) is 5.92 Å². The summed E-state index contributed by atoms with van der Waals surface area (Å²) >= 11 is 0. The molecule has 2 rings (SSSR count). The predicted molar refractivity (Wildman–Crippen MR) is 72.6 cm³/mol. The molecule has 1 aliphatic heterocycles. The van der Waals surface area contributed by atoms with E-state index in [1.54, 1.807) is 0 Å². The van der Waals surface area contributed by atoms with Gasteiger partial charge >= 0.3 is 6.18 Å². The first-order valence-corrected chi connectivity index (χ1v) is 7.52. The molecule has 3 atom stereocenters. The molecule has 0 radical (unpaired) electrons. The molecule has 0 aromatic carbocycles. The zero-order valence-corrected chi connectivity index (χ0v) is 12.8. The molecule has 1 aliphatic carbocycles. The topological polar surface area (TPSA) is 21.3 Å². The smallest absolute Gasteiger partial charge is 0.368 e. The van der Waals surface area contributed by atoms with Crippen LogP contribution in [0.25, 0.3) is 0 Å². The molecular weight excluding hydrogens is 267 g/mol. The van der Waals surface area contributed by atoms with Crippen LogP contribution in [0.4, 0.5) is 13.2 Å².